The number of nitrogens with zero attached hydrogens (tertiary/aromatic N) is 1. The molecule has 2 aromatic carbocycles. The molecule has 5 heteroatoms. The van der Waals surface area contributed by atoms with E-state index in [1.807, 2.05) is 51.1 Å². The van der Waals surface area contributed by atoms with E-state index >= 15 is 0 Å². The molecule has 0 aliphatic rings. The fourth-order valence-corrected chi connectivity index (χ4v) is 3.02. The second-order valence-corrected chi connectivity index (χ2v) is 7.05. The molecule has 0 bridgehead atoms. The summed E-state index contributed by atoms with van der Waals surface area (Å²) in [4.78, 5) is 27.5. The predicted molar refractivity (Wildman–Crippen MR) is 109 cm³/mol. The molecule has 150 valence electrons. The van der Waals surface area contributed by atoms with E-state index in [9.17, 15) is 14.0 Å². The van der Waals surface area contributed by atoms with Crippen LogP contribution in [0.25, 0.3) is 0 Å². The van der Waals surface area contributed by atoms with Gasteiger partial charge in [0.1, 0.15) is 11.9 Å². The molecule has 2 unspecified atom stereocenters. The molecule has 0 heterocycles. The molecule has 0 fully saturated rings. The molecule has 0 radical (unpaired) electrons. The predicted octanol–water partition coefficient (Wildman–Crippen LogP) is 4.09. The Morgan fingerprint density at radius 1 is 0.964 bits per heavy atom. The van der Waals surface area contributed by atoms with Gasteiger partial charge in [-0.25, -0.2) is 4.39 Å². The maximum Gasteiger partial charge on any atom is 0.243 e. The van der Waals surface area contributed by atoms with Crippen LogP contribution in [0.4, 0.5) is 4.39 Å². The van der Waals surface area contributed by atoms with Crippen molar-refractivity contribution in [2.75, 3.05) is 0 Å². The van der Waals surface area contributed by atoms with Crippen molar-refractivity contribution in [3.05, 3.63) is 71.5 Å². The van der Waals surface area contributed by atoms with E-state index < -0.39 is 6.04 Å². The Kier molecular flexibility index (Phi) is 8.18. The molecule has 1 N–H and O–H groups in total. The van der Waals surface area contributed by atoms with E-state index in [2.05, 4.69) is 5.32 Å². The summed E-state index contributed by atoms with van der Waals surface area (Å²) >= 11 is 0. The quantitative estimate of drug-likeness (QED) is 0.708. The van der Waals surface area contributed by atoms with Crippen LogP contribution in [-0.4, -0.2) is 28.8 Å². The molecular formula is C23H29FN2O2. The van der Waals surface area contributed by atoms with Crippen LogP contribution in [-0.2, 0) is 22.6 Å². The molecule has 28 heavy (non-hydrogen) atoms. The van der Waals surface area contributed by atoms with Crippen LogP contribution in [0.3, 0.4) is 0 Å². The molecule has 0 aliphatic carbocycles. The van der Waals surface area contributed by atoms with Gasteiger partial charge in [0, 0.05) is 12.6 Å². The molecule has 0 aliphatic heterocycles. The number of hydrogen-bond acceptors (Lipinski definition) is 2. The number of nitrogens with one attached hydrogen (secondary N) is 1. The molecule has 0 saturated heterocycles. The van der Waals surface area contributed by atoms with Crippen LogP contribution in [0.1, 0.15) is 44.7 Å². The third-order valence-corrected chi connectivity index (χ3v) is 4.85. The van der Waals surface area contributed by atoms with Crippen molar-refractivity contribution in [3.63, 3.8) is 0 Å². The lowest BCUT2D eigenvalue weighted by molar-refractivity contribution is -0.141. The van der Waals surface area contributed by atoms with Gasteiger partial charge in [-0.15, -0.1) is 0 Å². The zero-order valence-corrected chi connectivity index (χ0v) is 16.8. The normalized spacial score (nSPS) is 12.9. The number of carbonyl (C=O) groups excluding carboxylic acids is 2. The highest BCUT2D eigenvalue weighted by Crippen LogP contribution is 2.15. The molecule has 2 rings (SSSR count). The second kappa shape index (κ2) is 10.6. The summed E-state index contributed by atoms with van der Waals surface area (Å²) in [5.41, 5.74) is 1.69. The highest BCUT2D eigenvalue weighted by atomic mass is 19.1. The first-order valence-electron chi connectivity index (χ1n) is 9.82. The van der Waals surface area contributed by atoms with Gasteiger partial charge in [-0.2, -0.15) is 0 Å². The van der Waals surface area contributed by atoms with Crippen molar-refractivity contribution in [3.8, 4) is 0 Å². The average Bonchev–Trinajstić information content (AvgIpc) is 2.69. The van der Waals surface area contributed by atoms with Crippen LogP contribution in [0.5, 0.6) is 0 Å². The Hall–Kier alpha value is -2.69. The van der Waals surface area contributed by atoms with Gasteiger partial charge < -0.3 is 10.2 Å². The Morgan fingerprint density at radius 2 is 1.61 bits per heavy atom. The molecule has 2 amide bonds. The van der Waals surface area contributed by atoms with Gasteiger partial charge in [-0.3, -0.25) is 9.59 Å². The Bertz CT molecular complexity index is 762. The van der Waals surface area contributed by atoms with E-state index in [1.165, 1.54) is 12.1 Å². The number of benzene rings is 2. The van der Waals surface area contributed by atoms with Crippen molar-refractivity contribution in [1.82, 2.24) is 10.2 Å². The fourth-order valence-electron chi connectivity index (χ4n) is 3.02. The van der Waals surface area contributed by atoms with Crippen molar-refractivity contribution in [2.24, 2.45) is 0 Å². The minimum Gasteiger partial charge on any atom is -0.352 e. The largest absolute Gasteiger partial charge is 0.352 e. The van der Waals surface area contributed by atoms with Gasteiger partial charge >= 0.3 is 0 Å². The molecule has 0 aromatic heterocycles. The molecule has 2 atom stereocenters. The number of rotatable bonds is 9. The third kappa shape index (κ3) is 6.19. The third-order valence-electron chi connectivity index (χ3n) is 4.85. The smallest absolute Gasteiger partial charge is 0.243 e. The van der Waals surface area contributed by atoms with Gasteiger partial charge in [0.25, 0.3) is 0 Å². The van der Waals surface area contributed by atoms with Gasteiger partial charge in [0.2, 0.25) is 11.8 Å². The number of carbonyl (C=O) groups is 2. The summed E-state index contributed by atoms with van der Waals surface area (Å²) in [7, 11) is 0. The zero-order chi connectivity index (χ0) is 20.5. The summed E-state index contributed by atoms with van der Waals surface area (Å²) in [6, 6.07) is 15.0. The van der Waals surface area contributed by atoms with E-state index in [1.54, 1.807) is 17.0 Å². The van der Waals surface area contributed by atoms with Crippen LogP contribution in [0, 0.1) is 5.82 Å². The Labute approximate surface area is 166 Å². The standard InChI is InChI=1S/C23H29FN2O2/c1-4-17(3)25-23(28)21(5-2)26(16-19-11-13-20(24)14-12-19)22(27)15-18-9-7-6-8-10-18/h6-14,17,21H,4-5,15-16H2,1-3H3,(H,25,28). The van der Waals surface area contributed by atoms with Crippen molar-refractivity contribution in [1.29, 1.82) is 0 Å². The first-order chi connectivity index (χ1) is 13.4. The summed E-state index contributed by atoms with van der Waals surface area (Å²) in [5.74, 6) is -0.602. The Morgan fingerprint density at radius 3 is 2.18 bits per heavy atom. The molecular weight excluding hydrogens is 355 g/mol. The maximum atomic E-state index is 13.3. The number of hydrogen-bond donors (Lipinski definition) is 1. The minimum atomic E-state index is -0.574. The van der Waals surface area contributed by atoms with Crippen molar-refractivity contribution >= 4 is 11.8 Å². The SMILES string of the molecule is CCC(C)NC(=O)C(CC)N(Cc1ccc(F)cc1)C(=O)Cc1ccccc1. The summed E-state index contributed by atoms with van der Waals surface area (Å²) in [6.45, 7) is 6.11. The Balaban J connectivity index is 2.25. The number of amides is 2. The summed E-state index contributed by atoms with van der Waals surface area (Å²) in [5, 5.41) is 2.98. The molecule has 0 saturated carbocycles. The molecule has 4 nitrogen and oxygen atoms in total. The first kappa shape index (κ1) is 21.6. The lowest BCUT2D eigenvalue weighted by Crippen LogP contribution is -2.51. The zero-order valence-electron chi connectivity index (χ0n) is 16.8. The second-order valence-electron chi connectivity index (χ2n) is 7.05. The van der Waals surface area contributed by atoms with E-state index in [0.717, 1.165) is 17.5 Å². The summed E-state index contributed by atoms with van der Waals surface area (Å²) < 4.78 is 13.3. The van der Waals surface area contributed by atoms with Crippen LogP contribution in [0.2, 0.25) is 0 Å². The minimum absolute atomic E-state index is 0.0402. The fraction of sp³-hybridized carbons (Fsp3) is 0.391. The first-order valence-corrected chi connectivity index (χ1v) is 9.82. The monoisotopic (exact) mass is 384 g/mol. The maximum absolute atomic E-state index is 13.3. The van der Waals surface area contributed by atoms with Gasteiger partial charge in [0.05, 0.1) is 6.42 Å². The number of halogens is 1. The van der Waals surface area contributed by atoms with Crippen LogP contribution < -0.4 is 5.32 Å². The van der Waals surface area contributed by atoms with Gasteiger partial charge in [-0.1, -0.05) is 56.3 Å². The average molecular weight is 384 g/mol. The van der Waals surface area contributed by atoms with Crippen LogP contribution in [0.15, 0.2) is 54.6 Å². The lowest BCUT2D eigenvalue weighted by Gasteiger charge is -2.31. The summed E-state index contributed by atoms with van der Waals surface area (Å²) in [6.07, 6.45) is 1.54. The van der Waals surface area contributed by atoms with Crippen LogP contribution >= 0.6 is 0 Å². The highest BCUT2D eigenvalue weighted by Gasteiger charge is 2.29. The van der Waals surface area contributed by atoms with Crippen molar-refractivity contribution in [2.45, 2.75) is 58.7 Å². The highest BCUT2D eigenvalue weighted by molar-refractivity contribution is 5.88. The van der Waals surface area contributed by atoms with Gasteiger partial charge in [0.15, 0.2) is 0 Å². The lowest BCUT2D eigenvalue weighted by atomic mass is 10.1. The van der Waals surface area contributed by atoms with E-state index in [-0.39, 0.29) is 36.6 Å². The topological polar surface area (TPSA) is 49.4 Å². The van der Waals surface area contributed by atoms with E-state index in [0.29, 0.717) is 6.42 Å². The molecule has 0 spiro atoms. The molecule has 2 aromatic rings. The van der Waals surface area contributed by atoms with E-state index in [4.69, 9.17) is 0 Å². The van der Waals surface area contributed by atoms with Crippen molar-refractivity contribution < 1.29 is 14.0 Å². The van der Waals surface area contributed by atoms with Gasteiger partial charge in [-0.05, 0) is 43.0 Å².